The van der Waals surface area contributed by atoms with E-state index in [-0.39, 0.29) is 17.9 Å². The quantitative estimate of drug-likeness (QED) is 0.504. The average molecular weight is 325 g/mol. The molecule has 0 fully saturated rings. The average Bonchev–Trinajstić information content (AvgIpc) is 2.47. The molecule has 0 spiro atoms. The lowest BCUT2D eigenvalue weighted by atomic mass is 10.3. The maximum Gasteiger partial charge on any atom is 0.306 e. The largest absolute Gasteiger partial charge is 0.870 e. The molecule has 0 aromatic rings. The van der Waals surface area contributed by atoms with E-state index < -0.39 is 5.97 Å². The molecule has 0 amide bonds. The van der Waals surface area contributed by atoms with Gasteiger partial charge >= 0.3 is 11.9 Å². The van der Waals surface area contributed by atoms with Gasteiger partial charge in [0.2, 0.25) is 0 Å². The van der Waals surface area contributed by atoms with E-state index in [2.05, 4.69) is 0 Å². The van der Waals surface area contributed by atoms with Crippen LogP contribution in [0.3, 0.4) is 0 Å². The molecule has 0 radical (unpaired) electrons. The van der Waals surface area contributed by atoms with Crippen LogP contribution in [0.2, 0.25) is 0 Å². The van der Waals surface area contributed by atoms with E-state index in [1.165, 1.54) is 0 Å². The first-order valence-electron chi connectivity index (χ1n) is 7.51. The van der Waals surface area contributed by atoms with Crippen molar-refractivity contribution >= 4 is 11.9 Å². The molecule has 5 nitrogen and oxygen atoms in total. The summed E-state index contributed by atoms with van der Waals surface area (Å²) in [5, 5.41) is 8.22. The van der Waals surface area contributed by atoms with Gasteiger partial charge in [-0.2, -0.15) is 0 Å². The number of carbonyl (C=O) groups is 2. The van der Waals surface area contributed by atoms with Crippen LogP contribution in [0, 0.1) is 0 Å². The van der Waals surface area contributed by atoms with E-state index in [4.69, 9.17) is 9.84 Å². The van der Waals surface area contributed by atoms with Crippen LogP contribution in [0.25, 0.3) is 0 Å². The van der Waals surface area contributed by atoms with Crippen molar-refractivity contribution in [1.29, 1.82) is 0 Å². The van der Waals surface area contributed by atoms with E-state index in [1.807, 2.05) is 69.4 Å². The van der Waals surface area contributed by atoms with E-state index >= 15 is 0 Å². The van der Waals surface area contributed by atoms with E-state index in [9.17, 15) is 9.59 Å². The summed E-state index contributed by atoms with van der Waals surface area (Å²) < 4.78 is 4.76. The first-order chi connectivity index (χ1) is 10.6. The summed E-state index contributed by atoms with van der Waals surface area (Å²) >= 11 is 0. The summed E-state index contributed by atoms with van der Waals surface area (Å²) in [6.07, 6.45) is 17.3. The van der Waals surface area contributed by atoms with Crippen molar-refractivity contribution in [2.75, 3.05) is 6.61 Å². The fraction of sp³-hybridized carbons (Fsp3) is 0.444. The number of carboxylic acids is 1. The minimum atomic E-state index is -0.745. The van der Waals surface area contributed by atoms with Crippen LogP contribution in [0.1, 0.15) is 46.5 Å². The zero-order valence-corrected chi connectivity index (χ0v) is 14.3. The number of esters is 1. The van der Waals surface area contributed by atoms with Crippen molar-refractivity contribution < 1.29 is 24.9 Å². The maximum atomic E-state index is 10.8. The van der Waals surface area contributed by atoms with Gasteiger partial charge in [-0.3, -0.25) is 9.59 Å². The molecule has 0 aliphatic rings. The van der Waals surface area contributed by atoms with Crippen molar-refractivity contribution in [3.05, 3.63) is 48.6 Å². The molecule has 0 saturated heterocycles. The van der Waals surface area contributed by atoms with Gasteiger partial charge in [0.05, 0.1) is 6.61 Å². The Morgan fingerprint density at radius 2 is 1.39 bits per heavy atom. The van der Waals surface area contributed by atoms with Crippen LogP contribution < -0.4 is 0 Å². The molecular weight excluding hydrogens is 296 g/mol. The van der Waals surface area contributed by atoms with Crippen molar-refractivity contribution in [2.45, 2.75) is 46.5 Å². The van der Waals surface area contributed by atoms with E-state index in [0.717, 1.165) is 6.42 Å². The molecule has 5 heteroatoms. The van der Waals surface area contributed by atoms with Gasteiger partial charge in [-0.25, -0.2) is 0 Å². The molecule has 132 valence electrons. The van der Waals surface area contributed by atoms with E-state index in [1.54, 1.807) is 0 Å². The van der Waals surface area contributed by atoms with Gasteiger partial charge in [-0.15, -0.1) is 0 Å². The van der Waals surface area contributed by atoms with Crippen LogP contribution >= 0.6 is 0 Å². The lowest BCUT2D eigenvalue weighted by Crippen LogP contribution is -2.02. The number of carbonyl (C=O) groups excluding carboxylic acids is 1. The highest BCUT2D eigenvalue weighted by Crippen LogP contribution is 1.94. The van der Waals surface area contributed by atoms with Gasteiger partial charge in [-0.05, 0) is 33.6 Å². The van der Waals surface area contributed by atoms with Crippen LogP contribution in [-0.4, -0.2) is 29.1 Å². The molecular formula is C18H29O5-. The normalized spacial score (nSPS) is 10.7. The molecule has 0 aromatic heterocycles. The molecule has 0 aromatic carbocycles. The number of carboxylic acid groups (broad SMARTS) is 1. The highest BCUT2D eigenvalue weighted by Gasteiger charge is 1.96. The number of allylic oxidation sites excluding steroid dienone is 8. The number of aliphatic carboxylic acids is 1. The highest BCUT2D eigenvalue weighted by atomic mass is 16.5. The molecule has 0 aliphatic heterocycles. The van der Waals surface area contributed by atoms with Gasteiger partial charge in [0.25, 0.3) is 0 Å². The fourth-order valence-corrected chi connectivity index (χ4v) is 1.21. The lowest BCUT2D eigenvalue weighted by molar-refractivity contribution is -0.143. The summed E-state index contributed by atoms with van der Waals surface area (Å²) in [7, 11) is 0. The predicted octanol–water partition coefficient (Wildman–Crippen LogP) is 4.27. The smallest absolute Gasteiger partial charge is 0.306 e. The van der Waals surface area contributed by atoms with Gasteiger partial charge in [0, 0.05) is 12.8 Å². The Balaban J connectivity index is -0.000000338. The van der Waals surface area contributed by atoms with Crippen LogP contribution in [0.15, 0.2) is 48.6 Å². The topological polar surface area (TPSA) is 93.6 Å². The van der Waals surface area contributed by atoms with Crippen LogP contribution in [0.5, 0.6) is 0 Å². The number of ether oxygens (including phenoxy) is 1. The molecule has 0 atom stereocenters. The standard InChI is InChI=1S/C10H16O2.C8H12O2.H2O/c1-3-5-6-7-8-9-10(11)12-4-2;1-2-3-4-5-6-7-8(9)10;/h3,5-7H,4,8-9H2,1-2H3;2-5H,6-7H2,1H3,(H,9,10);1H2/p-1. The summed E-state index contributed by atoms with van der Waals surface area (Å²) in [5.41, 5.74) is 0. The predicted molar refractivity (Wildman–Crippen MR) is 92.6 cm³/mol. The third-order valence-corrected chi connectivity index (χ3v) is 2.22. The Kier molecular flexibility index (Phi) is 24.8. The Labute approximate surface area is 139 Å². The summed E-state index contributed by atoms with van der Waals surface area (Å²) in [6, 6.07) is 0. The van der Waals surface area contributed by atoms with Crippen molar-refractivity contribution in [3.63, 3.8) is 0 Å². The van der Waals surface area contributed by atoms with E-state index in [0.29, 0.717) is 19.4 Å². The Hall–Kier alpha value is -2.14. The fourth-order valence-electron chi connectivity index (χ4n) is 1.21. The molecule has 0 aliphatic carbocycles. The Bertz CT molecular complexity index is 392. The first-order valence-corrected chi connectivity index (χ1v) is 7.51. The zero-order valence-electron chi connectivity index (χ0n) is 14.3. The molecule has 0 bridgehead atoms. The number of rotatable bonds is 9. The van der Waals surface area contributed by atoms with Gasteiger partial charge in [0.1, 0.15) is 0 Å². The second-order valence-electron chi connectivity index (χ2n) is 4.18. The summed E-state index contributed by atoms with van der Waals surface area (Å²) in [6.45, 7) is 6.15. The van der Waals surface area contributed by atoms with Gasteiger partial charge < -0.3 is 15.3 Å². The van der Waals surface area contributed by atoms with Crippen molar-refractivity contribution in [2.24, 2.45) is 0 Å². The van der Waals surface area contributed by atoms with Crippen LogP contribution in [0.4, 0.5) is 0 Å². The van der Waals surface area contributed by atoms with Crippen LogP contribution in [-0.2, 0) is 14.3 Å². The number of hydrogen-bond acceptors (Lipinski definition) is 4. The molecule has 0 unspecified atom stereocenters. The molecule has 0 heterocycles. The summed E-state index contributed by atoms with van der Waals surface area (Å²) in [5.74, 6) is -0.868. The molecule has 23 heavy (non-hydrogen) atoms. The summed E-state index contributed by atoms with van der Waals surface area (Å²) in [4.78, 5) is 20.8. The maximum absolute atomic E-state index is 10.8. The first kappa shape index (κ1) is 25.8. The Morgan fingerprint density at radius 1 is 0.913 bits per heavy atom. The number of hydrogen-bond donors (Lipinski definition) is 1. The van der Waals surface area contributed by atoms with Gasteiger partial charge in [0.15, 0.2) is 0 Å². The third kappa shape index (κ3) is 28.7. The molecule has 0 rings (SSSR count). The third-order valence-electron chi connectivity index (χ3n) is 2.22. The Morgan fingerprint density at radius 3 is 1.78 bits per heavy atom. The second-order valence-corrected chi connectivity index (χ2v) is 4.18. The minimum absolute atomic E-state index is 0. The monoisotopic (exact) mass is 325 g/mol. The molecule has 2 N–H and O–H groups in total. The second kappa shape index (κ2) is 22.1. The molecule has 0 saturated carbocycles. The van der Waals surface area contributed by atoms with Crippen molar-refractivity contribution in [1.82, 2.24) is 0 Å². The SMILES string of the molecule is CC=CC=CCCC(=O)O.CC=CC=CCCC(=O)OCC.[OH-]. The highest BCUT2D eigenvalue weighted by molar-refractivity contribution is 5.69. The van der Waals surface area contributed by atoms with Crippen molar-refractivity contribution in [3.8, 4) is 0 Å². The minimum Gasteiger partial charge on any atom is -0.870 e. The zero-order chi connectivity index (χ0) is 17.1. The van der Waals surface area contributed by atoms with Gasteiger partial charge in [-0.1, -0.05) is 48.6 Å². The lowest BCUT2D eigenvalue weighted by Gasteiger charge is -1.97.